The molecule has 0 heterocycles. The molecule has 0 spiro atoms. The van der Waals surface area contributed by atoms with E-state index in [0.29, 0.717) is 18.4 Å². The zero-order valence-electron chi connectivity index (χ0n) is 13.7. The van der Waals surface area contributed by atoms with E-state index in [4.69, 9.17) is 5.39 Å². The summed E-state index contributed by atoms with van der Waals surface area (Å²) in [7, 11) is 0. The quantitative estimate of drug-likeness (QED) is 0.250. The van der Waals surface area contributed by atoms with Gasteiger partial charge in [-0.25, -0.2) is 0 Å². The first kappa shape index (κ1) is 21.4. The molecule has 0 aliphatic heterocycles. The molecule has 27 heavy (non-hydrogen) atoms. The second-order valence-electron chi connectivity index (χ2n) is 5.56. The lowest BCUT2D eigenvalue weighted by Crippen LogP contribution is -2.33. The summed E-state index contributed by atoms with van der Waals surface area (Å²) in [6, 6.07) is 10.4. The van der Waals surface area contributed by atoms with Gasteiger partial charge in [0.15, 0.2) is 0 Å². The van der Waals surface area contributed by atoms with Crippen molar-refractivity contribution < 1.29 is 22.3 Å². The molecule has 0 radical (unpaired) electrons. The largest absolute Gasteiger partial charge is 0.461 e. The Balaban J connectivity index is 2.19. The molecule has 0 aliphatic carbocycles. The number of halogens is 6. The van der Waals surface area contributed by atoms with Crippen molar-refractivity contribution in [3.8, 4) is 5.75 Å². The van der Waals surface area contributed by atoms with Crippen molar-refractivity contribution in [1.82, 2.24) is 5.43 Å². The number of benzene rings is 2. The summed E-state index contributed by atoms with van der Waals surface area (Å²) in [6.07, 6.45) is -7.56. The van der Waals surface area contributed by atoms with Gasteiger partial charge in [-0.15, -0.1) is 0 Å². The van der Waals surface area contributed by atoms with Gasteiger partial charge in [0.2, 0.25) is 0 Å². The summed E-state index contributed by atoms with van der Waals surface area (Å²) < 4.78 is 56.7. The van der Waals surface area contributed by atoms with Crippen LogP contribution in [0.4, 0.5) is 17.6 Å². The molecule has 0 amide bonds. The zero-order chi connectivity index (χ0) is 20.0. The molecule has 2 aromatic rings. The zero-order valence-corrected chi connectivity index (χ0v) is 16.9. The van der Waals surface area contributed by atoms with E-state index in [1.165, 1.54) is 12.1 Å². The Kier molecular flexibility index (Phi) is 7.44. The maximum atomic E-state index is 13.1. The molecular formula is C17H14Br2F4N3O+. The molecule has 0 aromatic heterocycles. The summed E-state index contributed by atoms with van der Waals surface area (Å²) in [5.74, 6) is -0.412. The number of nitrogens with one attached hydrogen (secondary N) is 1. The fraction of sp³-hybridized carbons (Fsp3) is 0.294. The van der Waals surface area contributed by atoms with Gasteiger partial charge in [0, 0.05) is 8.95 Å². The van der Waals surface area contributed by atoms with Gasteiger partial charge in [0.05, 0.1) is 0 Å². The molecule has 2 rings (SSSR count). The van der Waals surface area contributed by atoms with Crippen LogP contribution in [-0.4, -0.2) is 12.5 Å². The molecule has 10 heteroatoms. The third-order valence-corrected chi connectivity index (χ3v) is 5.21. The Hall–Kier alpha value is -1.86. The third-order valence-electron chi connectivity index (χ3n) is 3.73. The van der Waals surface area contributed by atoms with E-state index in [2.05, 4.69) is 47.1 Å². The molecule has 1 N–H and O–H groups in total. The van der Waals surface area contributed by atoms with Gasteiger partial charge in [-0.05, 0) is 53.7 Å². The molecule has 0 fully saturated rings. The molecule has 0 aliphatic rings. The Morgan fingerprint density at radius 2 is 1.74 bits per heavy atom. The number of ether oxygens (including phenoxy) is 1. The van der Waals surface area contributed by atoms with Crippen molar-refractivity contribution in [2.75, 3.05) is 0 Å². The maximum Gasteiger partial charge on any atom is 0.461 e. The Labute approximate surface area is 169 Å². The molecule has 144 valence electrons. The van der Waals surface area contributed by atoms with Crippen LogP contribution in [0, 0.1) is 5.39 Å². The number of hydrogen-bond acceptors (Lipinski definition) is 3. The minimum atomic E-state index is -4.59. The molecule has 0 saturated heterocycles. The van der Waals surface area contributed by atoms with Gasteiger partial charge < -0.3 is 4.74 Å². The molecule has 4 nitrogen and oxygen atoms in total. The lowest BCUT2D eigenvalue weighted by molar-refractivity contribution is -0.253. The van der Waals surface area contributed by atoms with E-state index in [1.54, 1.807) is 6.07 Å². The highest BCUT2D eigenvalue weighted by atomic mass is 79.9. The molecule has 1 unspecified atom stereocenters. The average Bonchev–Trinajstić information content (AvgIpc) is 2.60. The number of diazo groups is 1. The van der Waals surface area contributed by atoms with E-state index >= 15 is 0 Å². The summed E-state index contributed by atoms with van der Waals surface area (Å²) in [5.41, 5.74) is 3.89. The average molecular weight is 512 g/mol. The lowest BCUT2D eigenvalue weighted by Gasteiger charge is -2.18. The van der Waals surface area contributed by atoms with E-state index in [1.807, 2.05) is 18.2 Å². The highest BCUT2D eigenvalue weighted by Crippen LogP contribution is 2.32. The van der Waals surface area contributed by atoms with Crippen LogP contribution in [0.1, 0.15) is 23.6 Å². The van der Waals surface area contributed by atoms with Gasteiger partial charge in [0.1, 0.15) is 11.8 Å². The topological polar surface area (TPSA) is 49.4 Å². The van der Waals surface area contributed by atoms with Crippen LogP contribution in [0.5, 0.6) is 5.75 Å². The van der Waals surface area contributed by atoms with Crippen molar-refractivity contribution in [3.05, 3.63) is 67.6 Å². The van der Waals surface area contributed by atoms with Crippen LogP contribution >= 0.6 is 31.9 Å². The van der Waals surface area contributed by atoms with Crippen molar-refractivity contribution >= 4 is 31.9 Å². The van der Waals surface area contributed by atoms with E-state index in [0.717, 1.165) is 20.6 Å². The predicted octanol–water partition coefficient (Wildman–Crippen LogP) is 6.48. The normalized spacial score (nSPS) is 12.5. The van der Waals surface area contributed by atoms with Crippen LogP contribution in [-0.2, 0) is 6.42 Å². The first-order chi connectivity index (χ1) is 12.7. The van der Waals surface area contributed by atoms with Crippen LogP contribution < -0.4 is 10.2 Å². The minimum Gasteiger partial charge on any atom is -0.428 e. The summed E-state index contributed by atoms with van der Waals surface area (Å²) in [4.78, 5) is 0. The molecule has 0 saturated carbocycles. The molecule has 2 aromatic carbocycles. The van der Waals surface area contributed by atoms with Gasteiger partial charge in [-0.3, -0.25) is 0 Å². The van der Waals surface area contributed by atoms with Gasteiger partial charge in [-0.2, -0.15) is 17.6 Å². The highest BCUT2D eigenvalue weighted by Gasteiger charge is 2.44. The number of rotatable bonds is 8. The van der Waals surface area contributed by atoms with Crippen molar-refractivity contribution in [2.45, 2.75) is 31.4 Å². The van der Waals surface area contributed by atoms with E-state index in [-0.39, 0.29) is 0 Å². The van der Waals surface area contributed by atoms with Crippen LogP contribution in [0.3, 0.4) is 0 Å². The van der Waals surface area contributed by atoms with Crippen LogP contribution in [0.15, 0.2) is 51.4 Å². The summed E-state index contributed by atoms with van der Waals surface area (Å²) >= 11 is 6.91. The van der Waals surface area contributed by atoms with Crippen molar-refractivity contribution in [2.24, 2.45) is 0 Å². The number of alkyl halides is 4. The second-order valence-corrected chi connectivity index (χ2v) is 7.27. The summed E-state index contributed by atoms with van der Waals surface area (Å²) in [5, 5.41) is 11.8. The summed E-state index contributed by atoms with van der Waals surface area (Å²) in [6.45, 7) is 0. The Morgan fingerprint density at radius 1 is 1.11 bits per heavy atom. The number of nitrogens with zero attached hydrogens (tertiary/aromatic N) is 2. The fourth-order valence-corrected chi connectivity index (χ4v) is 3.83. The molecule has 1 atom stereocenters. The standard InChI is InChI=1S/C17H14Br2F4N3O/c18-13-5-2-6-14(19)12(13)7-8-15(25-26-24)10-3-1-4-11(9-10)27-17(22,23)16(20)21/h1-6,9,15-16,25H,7-8H2/q+1. The molecular weight excluding hydrogens is 498 g/mol. The second kappa shape index (κ2) is 9.37. The van der Waals surface area contributed by atoms with E-state index < -0.39 is 24.3 Å². The van der Waals surface area contributed by atoms with Crippen LogP contribution in [0.2, 0.25) is 0 Å². The molecule has 0 bridgehead atoms. The Bertz CT molecular complexity index is 810. The van der Waals surface area contributed by atoms with Crippen molar-refractivity contribution in [3.63, 3.8) is 0 Å². The first-order valence-electron chi connectivity index (χ1n) is 7.72. The van der Waals surface area contributed by atoms with Gasteiger partial charge in [0.25, 0.3) is 5.39 Å². The SMILES string of the molecule is N#[N+]NC(CCc1c(Br)cccc1Br)c1cccc(OC(F)(F)C(F)F)c1. The minimum absolute atomic E-state index is 0.412. The highest BCUT2D eigenvalue weighted by molar-refractivity contribution is 9.11. The monoisotopic (exact) mass is 510 g/mol. The Morgan fingerprint density at radius 3 is 2.33 bits per heavy atom. The fourth-order valence-electron chi connectivity index (χ4n) is 2.43. The van der Waals surface area contributed by atoms with Crippen molar-refractivity contribution in [1.29, 1.82) is 5.39 Å². The third kappa shape index (κ3) is 5.81. The lowest BCUT2D eigenvalue weighted by atomic mass is 9.99. The predicted molar refractivity (Wildman–Crippen MR) is 99.1 cm³/mol. The van der Waals surface area contributed by atoms with Crippen LogP contribution in [0.25, 0.3) is 5.08 Å². The van der Waals surface area contributed by atoms with Gasteiger partial charge in [-0.1, -0.05) is 50.1 Å². The van der Waals surface area contributed by atoms with E-state index in [9.17, 15) is 17.6 Å². The van der Waals surface area contributed by atoms with Gasteiger partial charge >= 0.3 is 17.6 Å². The smallest absolute Gasteiger partial charge is 0.428 e. The first-order valence-corrected chi connectivity index (χ1v) is 9.30. The number of hydrogen-bond donors (Lipinski definition) is 1. The maximum absolute atomic E-state index is 13.1.